The molecule has 0 aliphatic rings. The normalized spacial score (nSPS) is 14.1. The second kappa shape index (κ2) is 7.67. The first-order valence-electron chi connectivity index (χ1n) is 4.47. The molecule has 0 saturated carbocycles. The molecule has 88 valence electrons. The van der Waals surface area contributed by atoms with Crippen LogP contribution in [0.2, 0.25) is 0 Å². The van der Waals surface area contributed by atoms with Gasteiger partial charge < -0.3 is 4.52 Å². The van der Waals surface area contributed by atoms with Crippen LogP contribution in [-0.4, -0.2) is 28.9 Å². The first kappa shape index (κ1) is 15.4. The van der Waals surface area contributed by atoms with Gasteiger partial charge in [-0.3, -0.25) is 9.42 Å². The van der Waals surface area contributed by atoms with E-state index in [0.29, 0.717) is 5.75 Å². The minimum atomic E-state index is -4.00. The SMILES string of the molecule is CC=CCOP(=O)(O)Oc1ccccc1.[AlH3]. The number of para-hydroxylation sites is 1. The van der Waals surface area contributed by atoms with E-state index < -0.39 is 7.82 Å². The molecule has 0 bridgehead atoms. The maximum absolute atomic E-state index is 11.3. The largest absolute Gasteiger partial charge is 0.527 e. The molecule has 1 N–H and O–H groups in total. The predicted octanol–water partition coefficient (Wildman–Crippen LogP) is 1.57. The van der Waals surface area contributed by atoms with Crippen molar-refractivity contribution in [3.05, 3.63) is 42.5 Å². The van der Waals surface area contributed by atoms with Crippen molar-refractivity contribution in [2.24, 2.45) is 0 Å². The van der Waals surface area contributed by atoms with E-state index in [1.165, 1.54) is 0 Å². The van der Waals surface area contributed by atoms with Crippen LogP contribution in [0, 0.1) is 0 Å². The van der Waals surface area contributed by atoms with Crippen LogP contribution in [0.3, 0.4) is 0 Å². The van der Waals surface area contributed by atoms with E-state index in [9.17, 15) is 9.46 Å². The molecule has 0 fully saturated rings. The van der Waals surface area contributed by atoms with Crippen LogP contribution in [-0.2, 0) is 9.09 Å². The van der Waals surface area contributed by atoms with Gasteiger partial charge in [0.15, 0.2) is 17.4 Å². The molecule has 6 heteroatoms. The van der Waals surface area contributed by atoms with E-state index in [0.717, 1.165) is 0 Å². The molecule has 4 nitrogen and oxygen atoms in total. The van der Waals surface area contributed by atoms with Crippen LogP contribution < -0.4 is 4.52 Å². The Morgan fingerprint density at radius 2 is 2.00 bits per heavy atom. The molecule has 0 aliphatic carbocycles. The monoisotopic (exact) mass is 258 g/mol. The van der Waals surface area contributed by atoms with Crippen molar-refractivity contribution >= 4 is 25.2 Å². The van der Waals surface area contributed by atoms with Crippen molar-refractivity contribution in [1.82, 2.24) is 0 Å². The van der Waals surface area contributed by atoms with Gasteiger partial charge in [0.25, 0.3) is 0 Å². The third-order valence-corrected chi connectivity index (χ3v) is 2.45. The summed E-state index contributed by atoms with van der Waals surface area (Å²) in [6, 6.07) is 8.38. The molecule has 1 aromatic rings. The highest BCUT2D eigenvalue weighted by atomic mass is 31.2. The van der Waals surface area contributed by atoms with E-state index in [-0.39, 0.29) is 24.0 Å². The molecule has 16 heavy (non-hydrogen) atoms. The van der Waals surface area contributed by atoms with Gasteiger partial charge in [0.05, 0.1) is 6.61 Å². The van der Waals surface area contributed by atoms with Crippen LogP contribution in [0.15, 0.2) is 42.5 Å². The summed E-state index contributed by atoms with van der Waals surface area (Å²) < 4.78 is 20.8. The summed E-state index contributed by atoms with van der Waals surface area (Å²) in [4.78, 5) is 9.27. The summed E-state index contributed by atoms with van der Waals surface area (Å²) in [7, 11) is -4.00. The summed E-state index contributed by atoms with van der Waals surface area (Å²) in [5, 5.41) is 0. The van der Waals surface area contributed by atoms with E-state index in [1.54, 1.807) is 49.4 Å². The predicted molar refractivity (Wildman–Crippen MR) is 67.6 cm³/mol. The van der Waals surface area contributed by atoms with Gasteiger partial charge in [-0.05, 0) is 19.1 Å². The maximum Gasteiger partial charge on any atom is 0.527 e. The Balaban J connectivity index is 0.00000225. The number of phosphoric acid groups is 1. The Labute approximate surface area is 106 Å². The average Bonchev–Trinajstić information content (AvgIpc) is 2.18. The molecular formula is C10H16AlO4P. The Kier molecular flexibility index (Phi) is 7.41. The van der Waals surface area contributed by atoms with E-state index >= 15 is 0 Å². The zero-order valence-electron chi connectivity index (χ0n) is 8.37. The van der Waals surface area contributed by atoms with Gasteiger partial charge in [-0.1, -0.05) is 30.4 Å². The molecule has 1 unspecified atom stereocenters. The van der Waals surface area contributed by atoms with E-state index in [4.69, 9.17) is 4.52 Å². The van der Waals surface area contributed by atoms with Crippen LogP contribution in [0.1, 0.15) is 6.92 Å². The summed E-state index contributed by atoms with van der Waals surface area (Å²) in [5.41, 5.74) is 0. The average molecular weight is 258 g/mol. The van der Waals surface area contributed by atoms with Crippen molar-refractivity contribution in [2.75, 3.05) is 6.61 Å². The number of benzene rings is 1. The lowest BCUT2D eigenvalue weighted by molar-refractivity contribution is 0.222. The van der Waals surface area contributed by atoms with Gasteiger partial charge in [-0.2, -0.15) is 0 Å². The van der Waals surface area contributed by atoms with E-state index in [2.05, 4.69) is 4.52 Å². The molecular weight excluding hydrogens is 242 g/mol. The van der Waals surface area contributed by atoms with Gasteiger partial charge in [-0.25, -0.2) is 4.57 Å². The lowest BCUT2D eigenvalue weighted by atomic mass is 10.3. The van der Waals surface area contributed by atoms with E-state index in [1.807, 2.05) is 0 Å². The quantitative estimate of drug-likeness (QED) is 0.495. The molecule has 1 rings (SSSR count). The first-order valence-corrected chi connectivity index (χ1v) is 5.97. The lowest BCUT2D eigenvalue weighted by Crippen LogP contribution is -1.97. The number of phosphoric ester groups is 1. The highest BCUT2D eigenvalue weighted by Gasteiger charge is 2.21. The van der Waals surface area contributed by atoms with Gasteiger partial charge in [-0.15, -0.1) is 0 Å². The Hall–Kier alpha value is -0.558. The summed E-state index contributed by atoms with van der Waals surface area (Å²) in [5.74, 6) is 0.309. The summed E-state index contributed by atoms with van der Waals surface area (Å²) >= 11 is 0. The molecule has 0 saturated heterocycles. The molecule has 0 amide bonds. The molecule has 0 radical (unpaired) electrons. The second-order valence-corrected chi connectivity index (χ2v) is 4.12. The van der Waals surface area contributed by atoms with Crippen molar-refractivity contribution in [1.29, 1.82) is 0 Å². The fourth-order valence-corrected chi connectivity index (χ4v) is 1.59. The zero-order chi connectivity index (χ0) is 11.1. The van der Waals surface area contributed by atoms with Gasteiger partial charge >= 0.3 is 7.82 Å². The Morgan fingerprint density at radius 3 is 2.56 bits per heavy atom. The van der Waals surface area contributed by atoms with Gasteiger partial charge in [0, 0.05) is 0 Å². The Morgan fingerprint density at radius 1 is 1.38 bits per heavy atom. The van der Waals surface area contributed by atoms with Crippen molar-refractivity contribution in [3.63, 3.8) is 0 Å². The maximum atomic E-state index is 11.3. The summed E-state index contributed by atoms with van der Waals surface area (Å²) in [6.07, 6.45) is 3.35. The molecule has 0 spiro atoms. The fourth-order valence-electron chi connectivity index (χ4n) is 0.874. The van der Waals surface area contributed by atoms with Crippen LogP contribution >= 0.6 is 7.82 Å². The van der Waals surface area contributed by atoms with Crippen molar-refractivity contribution < 1.29 is 18.5 Å². The number of rotatable bonds is 5. The minimum absolute atomic E-state index is 0. The fraction of sp³-hybridized carbons (Fsp3) is 0.200. The Bertz CT molecular complexity index is 366. The highest BCUT2D eigenvalue weighted by Crippen LogP contribution is 2.43. The number of allylic oxidation sites excluding steroid dienone is 1. The summed E-state index contributed by atoms with van der Waals surface area (Å²) in [6.45, 7) is 1.85. The number of hydrogen-bond acceptors (Lipinski definition) is 3. The van der Waals surface area contributed by atoms with Crippen LogP contribution in [0.4, 0.5) is 0 Å². The number of hydrogen-bond donors (Lipinski definition) is 1. The molecule has 0 aromatic heterocycles. The first-order chi connectivity index (χ1) is 7.14. The van der Waals surface area contributed by atoms with Crippen LogP contribution in [0.25, 0.3) is 0 Å². The second-order valence-electron chi connectivity index (χ2n) is 2.74. The van der Waals surface area contributed by atoms with Crippen LogP contribution in [0.5, 0.6) is 5.75 Å². The minimum Gasteiger partial charge on any atom is -0.404 e. The molecule has 0 aliphatic heterocycles. The molecule has 0 heterocycles. The zero-order valence-corrected chi connectivity index (χ0v) is 9.26. The third-order valence-electron chi connectivity index (χ3n) is 1.53. The van der Waals surface area contributed by atoms with Crippen molar-refractivity contribution in [2.45, 2.75) is 6.92 Å². The molecule has 1 aromatic carbocycles. The topological polar surface area (TPSA) is 55.8 Å². The van der Waals surface area contributed by atoms with Gasteiger partial charge in [0.2, 0.25) is 0 Å². The lowest BCUT2D eigenvalue weighted by Gasteiger charge is -2.11. The van der Waals surface area contributed by atoms with Crippen molar-refractivity contribution in [3.8, 4) is 5.75 Å². The third kappa shape index (κ3) is 6.12. The van der Waals surface area contributed by atoms with Gasteiger partial charge in [0.1, 0.15) is 5.75 Å². The smallest absolute Gasteiger partial charge is 0.404 e. The molecule has 1 atom stereocenters. The standard InChI is InChI=1S/C10H13O4P.Al.3H/c1-2-3-9-13-15(11,12)14-10-7-5-4-6-8-10;;;;/h2-8H,9H2,1H3,(H,11,12);;;;. The highest BCUT2D eigenvalue weighted by molar-refractivity contribution is 7.47.